The molecule has 1 fully saturated rings. The Balaban J connectivity index is 1.84. The Labute approximate surface area is 168 Å². The van der Waals surface area contributed by atoms with Crippen molar-refractivity contribution in [3.8, 4) is 11.3 Å². The average molecular weight is 410 g/mol. The van der Waals surface area contributed by atoms with Gasteiger partial charge in [-0.2, -0.15) is 0 Å². The fourth-order valence-electron chi connectivity index (χ4n) is 2.82. The molecule has 27 heavy (non-hydrogen) atoms. The van der Waals surface area contributed by atoms with Crippen molar-refractivity contribution >= 4 is 34.2 Å². The quantitative estimate of drug-likeness (QED) is 0.663. The van der Waals surface area contributed by atoms with Crippen molar-refractivity contribution in [1.29, 1.82) is 0 Å². The van der Waals surface area contributed by atoms with Crippen LogP contribution in [0.4, 0.5) is 9.93 Å². The molecular formula is C19H24ClN3O3S. The number of carbonyl (C=O) groups excluding carboxylic acids is 1. The van der Waals surface area contributed by atoms with E-state index < -0.39 is 5.60 Å². The van der Waals surface area contributed by atoms with Crippen molar-refractivity contribution in [1.82, 2.24) is 9.97 Å². The molecule has 8 heteroatoms. The molecule has 146 valence electrons. The minimum Gasteiger partial charge on any atom is -0.443 e. The summed E-state index contributed by atoms with van der Waals surface area (Å²) in [4.78, 5) is 23.2. The van der Waals surface area contributed by atoms with E-state index in [0.717, 1.165) is 37.3 Å². The highest BCUT2D eigenvalue weighted by atomic mass is 35.5. The number of aromatic nitrogens is 2. The minimum absolute atomic E-state index is 0.369. The molecule has 0 N–H and O–H groups in total. The first-order valence-corrected chi connectivity index (χ1v) is 10.2. The van der Waals surface area contributed by atoms with Gasteiger partial charge in [0.15, 0.2) is 5.13 Å². The van der Waals surface area contributed by atoms with Gasteiger partial charge in [0.05, 0.1) is 5.69 Å². The molecule has 6 nitrogen and oxygen atoms in total. The zero-order chi connectivity index (χ0) is 19.4. The Morgan fingerprint density at radius 2 is 2.15 bits per heavy atom. The van der Waals surface area contributed by atoms with Gasteiger partial charge in [-0.15, -0.1) is 11.3 Å². The zero-order valence-corrected chi connectivity index (χ0v) is 17.3. The van der Waals surface area contributed by atoms with Crippen LogP contribution < -0.4 is 4.90 Å². The maximum atomic E-state index is 12.8. The van der Waals surface area contributed by atoms with E-state index in [2.05, 4.69) is 9.97 Å². The Kier molecular flexibility index (Phi) is 6.34. The van der Waals surface area contributed by atoms with Crippen LogP contribution in [0, 0.1) is 5.92 Å². The van der Waals surface area contributed by atoms with E-state index in [1.807, 2.05) is 32.2 Å². The SMILES string of the molecule is CC(C)(C)OC(=O)N(CC1CCOCC1)c1nc(-c2ccnc(Cl)c2)cs1. The summed E-state index contributed by atoms with van der Waals surface area (Å²) in [5.74, 6) is 0.369. The Morgan fingerprint density at radius 3 is 2.81 bits per heavy atom. The molecule has 1 aliphatic rings. The lowest BCUT2D eigenvalue weighted by Gasteiger charge is -2.30. The molecule has 2 aromatic rings. The predicted octanol–water partition coefficient (Wildman–Crippen LogP) is 5.03. The fraction of sp³-hybridized carbons (Fsp3) is 0.526. The van der Waals surface area contributed by atoms with Crippen molar-refractivity contribution in [2.45, 2.75) is 39.2 Å². The molecule has 1 aliphatic heterocycles. The molecule has 0 atom stereocenters. The molecule has 3 rings (SSSR count). The zero-order valence-electron chi connectivity index (χ0n) is 15.8. The fourth-order valence-corrected chi connectivity index (χ4v) is 3.82. The van der Waals surface area contributed by atoms with E-state index in [1.165, 1.54) is 11.3 Å². The van der Waals surface area contributed by atoms with Crippen LogP contribution in [0.15, 0.2) is 23.7 Å². The number of pyridine rings is 1. The minimum atomic E-state index is -0.566. The maximum absolute atomic E-state index is 12.8. The van der Waals surface area contributed by atoms with E-state index in [9.17, 15) is 4.79 Å². The third-order valence-corrected chi connectivity index (χ3v) is 5.21. The van der Waals surface area contributed by atoms with Crippen molar-refractivity contribution < 1.29 is 14.3 Å². The summed E-state index contributed by atoms with van der Waals surface area (Å²) in [5.41, 5.74) is 1.07. The van der Waals surface area contributed by atoms with E-state index in [-0.39, 0.29) is 6.09 Å². The number of halogens is 1. The second kappa shape index (κ2) is 8.54. The van der Waals surface area contributed by atoms with Crippen molar-refractivity contribution in [2.24, 2.45) is 5.92 Å². The number of hydrogen-bond donors (Lipinski definition) is 0. The standard InChI is InChI=1S/C19H24ClN3O3S/c1-19(2,3)26-18(24)23(11-13-5-8-25-9-6-13)17-22-15(12-27-17)14-4-7-21-16(20)10-14/h4,7,10,12-13H,5-6,8-9,11H2,1-3H3. The molecule has 0 saturated carbocycles. The molecular weight excluding hydrogens is 386 g/mol. The maximum Gasteiger partial charge on any atom is 0.416 e. The summed E-state index contributed by atoms with van der Waals surface area (Å²) in [5, 5.41) is 2.95. The van der Waals surface area contributed by atoms with Gasteiger partial charge >= 0.3 is 6.09 Å². The van der Waals surface area contributed by atoms with Crippen LogP contribution in [0.25, 0.3) is 11.3 Å². The summed E-state index contributed by atoms with van der Waals surface area (Å²) in [6.07, 6.45) is 3.13. The second-order valence-electron chi connectivity index (χ2n) is 7.53. The molecule has 1 saturated heterocycles. The van der Waals surface area contributed by atoms with Crippen LogP contribution >= 0.6 is 22.9 Å². The largest absolute Gasteiger partial charge is 0.443 e. The van der Waals surface area contributed by atoms with Crippen molar-refractivity contribution in [3.63, 3.8) is 0 Å². The molecule has 1 amide bonds. The van der Waals surface area contributed by atoms with Gasteiger partial charge in [0.2, 0.25) is 0 Å². The number of anilines is 1. The first-order chi connectivity index (χ1) is 12.8. The summed E-state index contributed by atoms with van der Waals surface area (Å²) < 4.78 is 11.1. The van der Waals surface area contributed by atoms with Crippen LogP contribution in [0.1, 0.15) is 33.6 Å². The Bertz CT molecular complexity index is 785. The first kappa shape index (κ1) is 20.0. The van der Waals surface area contributed by atoms with Crippen LogP contribution in [0.2, 0.25) is 5.15 Å². The molecule has 0 bridgehead atoms. The highest BCUT2D eigenvalue weighted by Crippen LogP contribution is 2.31. The van der Waals surface area contributed by atoms with Gasteiger partial charge in [-0.3, -0.25) is 4.90 Å². The van der Waals surface area contributed by atoms with Crippen molar-refractivity contribution in [3.05, 3.63) is 28.9 Å². The number of thiazole rings is 1. The molecule has 0 aliphatic carbocycles. The van der Waals surface area contributed by atoms with Gasteiger partial charge in [0.25, 0.3) is 0 Å². The van der Waals surface area contributed by atoms with Crippen LogP contribution in [0.5, 0.6) is 0 Å². The number of ether oxygens (including phenoxy) is 2. The third-order valence-electron chi connectivity index (χ3n) is 4.14. The third kappa shape index (κ3) is 5.64. The van der Waals surface area contributed by atoms with Crippen LogP contribution in [-0.4, -0.2) is 41.4 Å². The molecule has 0 spiro atoms. The van der Waals surface area contributed by atoms with E-state index in [4.69, 9.17) is 21.1 Å². The molecule has 0 radical (unpaired) electrons. The molecule has 0 aromatic carbocycles. The monoisotopic (exact) mass is 409 g/mol. The van der Waals surface area contributed by atoms with Crippen molar-refractivity contribution in [2.75, 3.05) is 24.7 Å². The van der Waals surface area contributed by atoms with E-state index in [1.54, 1.807) is 17.2 Å². The van der Waals surface area contributed by atoms with Gasteiger partial charge in [-0.1, -0.05) is 11.6 Å². The number of carbonyl (C=O) groups is 1. The average Bonchev–Trinajstić information content (AvgIpc) is 3.09. The van der Waals surface area contributed by atoms with Gasteiger partial charge in [0.1, 0.15) is 10.8 Å². The normalized spacial score (nSPS) is 15.6. The Morgan fingerprint density at radius 1 is 1.41 bits per heavy atom. The highest BCUT2D eigenvalue weighted by Gasteiger charge is 2.29. The predicted molar refractivity (Wildman–Crippen MR) is 107 cm³/mol. The summed E-state index contributed by atoms with van der Waals surface area (Å²) in [7, 11) is 0. The molecule has 2 aromatic heterocycles. The molecule has 0 unspecified atom stereocenters. The van der Waals surface area contributed by atoms with E-state index >= 15 is 0 Å². The van der Waals surface area contributed by atoms with Gasteiger partial charge in [0, 0.05) is 36.9 Å². The van der Waals surface area contributed by atoms with Crippen LogP contribution in [0.3, 0.4) is 0 Å². The van der Waals surface area contributed by atoms with Gasteiger partial charge in [-0.25, -0.2) is 14.8 Å². The topological polar surface area (TPSA) is 64.5 Å². The first-order valence-electron chi connectivity index (χ1n) is 8.97. The highest BCUT2D eigenvalue weighted by molar-refractivity contribution is 7.14. The number of hydrogen-bond acceptors (Lipinski definition) is 6. The van der Waals surface area contributed by atoms with Gasteiger partial charge in [-0.05, 0) is 51.7 Å². The summed E-state index contributed by atoms with van der Waals surface area (Å²) >= 11 is 7.40. The second-order valence-corrected chi connectivity index (χ2v) is 8.75. The smallest absolute Gasteiger partial charge is 0.416 e. The Hall–Kier alpha value is -1.70. The van der Waals surface area contributed by atoms with Crippen LogP contribution in [-0.2, 0) is 9.47 Å². The lowest BCUT2D eigenvalue weighted by Crippen LogP contribution is -2.40. The molecule has 3 heterocycles. The van der Waals surface area contributed by atoms with E-state index in [0.29, 0.717) is 22.7 Å². The lowest BCUT2D eigenvalue weighted by molar-refractivity contribution is 0.0515. The number of rotatable bonds is 4. The van der Waals surface area contributed by atoms with Gasteiger partial charge < -0.3 is 9.47 Å². The number of amides is 1. The summed E-state index contributed by atoms with van der Waals surface area (Å²) in [6, 6.07) is 3.61. The lowest BCUT2D eigenvalue weighted by atomic mass is 10.00. The number of nitrogens with zero attached hydrogens (tertiary/aromatic N) is 3. The summed E-state index contributed by atoms with van der Waals surface area (Å²) in [6.45, 7) is 7.62.